The highest BCUT2D eigenvalue weighted by atomic mass is 32.2. The van der Waals surface area contributed by atoms with E-state index in [0.717, 1.165) is 11.3 Å². The number of carbonyl (C=O) groups excluding carboxylic acids is 1. The van der Waals surface area contributed by atoms with Crippen LogP contribution in [0.3, 0.4) is 0 Å². The van der Waals surface area contributed by atoms with Gasteiger partial charge in [0.05, 0.1) is 11.4 Å². The molecule has 0 aliphatic heterocycles. The molecule has 0 aliphatic rings. The largest absolute Gasteiger partial charge is 0.486 e. The molecule has 1 aromatic heterocycles. The van der Waals surface area contributed by atoms with Crippen molar-refractivity contribution in [1.29, 1.82) is 0 Å². The van der Waals surface area contributed by atoms with Gasteiger partial charge in [0.1, 0.15) is 18.2 Å². The first kappa shape index (κ1) is 20.6. The zero-order chi connectivity index (χ0) is 20.6. The molecule has 6 nitrogen and oxygen atoms in total. The minimum Gasteiger partial charge on any atom is -0.486 e. The Morgan fingerprint density at radius 3 is 2.72 bits per heavy atom. The van der Waals surface area contributed by atoms with E-state index in [2.05, 4.69) is 22.1 Å². The molecular formula is C21H21FN4O2S. The van der Waals surface area contributed by atoms with Crippen LogP contribution in [0.15, 0.2) is 66.3 Å². The number of anilines is 1. The number of nitrogens with one attached hydrogen (secondary N) is 1. The normalized spacial score (nSPS) is 10.6. The van der Waals surface area contributed by atoms with Crippen molar-refractivity contribution in [1.82, 2.24) is 14.8 Å². The molecule has 0 aliphatic carbocycles. The fourth-order valence-electron chi connectivity index (χ4n) is 2.51. The standard InChI is InChI=1S/C21H21FN4O2S/c1-3-12-26-19(13-28-16-10-8-15(2)9-11-16)24-25-21(26)29-14-20(27)23-18-7-5-4-6-17(18)22/h3-11H,1,12-14H2,2H3,(H,23,27). The maximum atomic E-state index is 13.7. The van der Waals surface area contributed by atoms with E-state index in [1.807, 2.05) is 35.8 Å². The van der Waals surface area contributed by atoms with E-state index < -0.39 is 5.82 Å². The van der Waals surface area contributed by atoms with Gasteiger partial charge in [-0.3, -0.25) is 9.36 Å². The number of nitrogens with zero attached hydrogens (tertiary/aromatic N) is 3. The molecular weight excluding hydrogens is 391 g/mol. The molecule has 150 valence electrons. The first-order chi connectivity index (χ1) is 14.1. The summed E-state index contributed by atoms with van der Waals surface area (Å²) >= 11 is 1.22. The maximum Gasteiger partial charge on any atom is 0.234 e. The van der Waals surface area contributed by atoms with Crippen LogP contribution >= 0.6 is 11.8 Å². The summed E-state index contributed by atoms with van der Waals surface area (Å²) in [5.74, 6) is 0.634. The highest BCUT2D eigenvalue weighted by Gasteiger charge is 2.15. The Morgan fingerprint density at radius 1 is 1.24 bits per heavy atom. The van der Waals surface area contributed by atoms with E-state index in [1.54, 1.807) is 18.2 Å². The van der Waals surface area contributed by atoms with Gasteiger partial charge in [-0.2, -0.15) is 0 Å². The van der Waals surface area contributed by atoms with E-state index in [9.17, 15) is 9.18 Å². The summed E-state index contributed by atoms with van der Waals surface area (Å²) in [5, 5.41) is 11.4. The van der Waals surface area contributed by atoms with Crippen LogP contribution in [0.25, 0.3) is 0 Å². The average molecular weight is 412 g/mol. The Bertz CT molecular complexity index is 989. The summed E-state index contributed by atoms with van der Waals surface area (Å²) in [5.41, 5.74) is 1.30. The minimum atomic E-state index is -0.476. The number of para-hydroxylation sites is 1. The fourth-order valence-corrected chi connectivity index (χ4v) is 3.27. The Labute approximate surface area is 172 Å². The molecule has 0 unspecified atom stereocenters. The van der Waals surface area contributed by atoms with Gasteiger partial charge in [0.25, 0.3) is 0 Å². The van der Waals surface area contributed by atoms with E-state index >= 15 is 0 Å². The van der Waals surface area contributed by atoms with Crippen LogP contribution in [0, 0.1) is 12.7 Å². The van der Waals surface area contributed by atoms with Gasteiger partial charge in [0, 0.05) is 6.54 Å². The summed E-state index contributed by atoms with van der Waals surface area (Å²) in [6.45, 7) is 6.49. The number of aromatic nitrogens is 3. The molecule has 8 heteroatoms. The molecule has 0 saturated carbocycles. The summed E-state index contributed by atoms with van der Waals surface area (Å²) in [7, 11) is 0. The SMILES string of the molecule is C=CCn1c(COc2ccc(C)cc2)nnc1SCC(=O)Nc1ccccc1F. The first-order valence-corrected chi connectivity index (χ1v) is 9.95. The van der Waals surface area contributed by atoms with Crippen molar-refractivity contribution in [3.8, 4) is 5.75 Å². The first-order valence-electron chi connectivity index (χ1n) is 8.96. The number of hydrogen-bond donors (Lipinski definition) is 1. The lowest BCUT2D eigenvalue weighted by Crippen LogP contribution is -2.15. The number of carbonyl (C=O) groups is 1. The molecule has 1 N–H and O–H groups in total. The minimum absolute atomic E-state index is 0.0719. The van der Waals surface area contributed by atoms with Crippen molar-refractivity contribution in [2.24, 2.45) is 0 Å². The number of amides is 1. The third-order valence-corrected chi connectivity index (χ3v) is 4.94. The molecule has 0 fully saturated rings. The van der Waals surface area contributed by atoms with Crippen LogP contribution in [0.4, 0.5) is 10.1 Å². The lowest BCUT2D eigenvalue weighted by atomic mass is 10.2. The zero-order valence-corrected chi connectivity index (χ0v) is 16.8. The van der Waals surface area contributed by atoms with Crippen molar-refractivity contribution in [2.45, 2.75) is 25.2 Å². The van der Waals surface area contributed by atoms with Gasteiger partial charge in [-0.05, 0) is 31.2 Å². The van der Waals surface area contributed by atoms with E-state index in [4.69, 9.17) is 4.74 Å². The lowest BCUT2D eigenvalue weighted by Gasteiger charge is -2.09. The Balaban J connectivity index is 1.61. The molecule has 1 heterocycles. The van der Waals surface area contributed by atoms with Crippen molar-refractivity contribution < 1.29 is 13.9 Å². The highest BCUT2D eigenvalue weighted by molar-refractivity contribution is 7.99. The summed E-state index contributed by atoms with van der Waals surface area (Å²) < 4.78 is 21.3. The van der Waals surface area contributed by atoms with Crippen molar-refractivity contribution in [2.75, 3.05) is 11.1 Å². The maximum absolute atomic E-state index is 13.7. The number of ether oxygens (including phenoxy) is 1. The van der Waals surface area contributed by atoms with Gasteiger partial charge >= 0.3 is 0 Å². The monoisotopic (exact) mass is 412 g/mol. The number of benzene rings is 2. The zero-order valence-electron chi connectivity index (χ0n) is 16.0. The molecule has 0 spiro atoms. The molecule has 3 aromatic rings. The third-order valence-electron chi connectivity index (χ3n) is 3.97. The summed E-state index contributed by atoms with van der Waals surface area (Å²) in [4.78, 5) is 12.2. The third kappa shape index (κ3) is 5.68. The van der Waals surface area contributed by atoms with Crippen LogP contribution in [0.2, 0.25) is 0 Å². The Kier molecular flexibility index (Phi) is 7.02. The van der Waals surface area contributed by atoms with Gasteiger partial charge in [0.15, 0.2) is 11.0 Å². The van der Waals surface area contributed by atoms with Crippen molar-refractivity contribution >= 4 is 23.4 Å². The predicted octanol–water partition coefficient (Wildman–Crippen LogP) is 4.22. The summed E-state index contributed by atoms with van der Waals surface area (Å²) in [6.07, 6.45) is 1.72. The van der Waals surface area contributed by atoms with Crippen LogP contribution in [0.1, 0.15) is 11.4 Å². The van der Waals surface area contributed by atoms with Gasteiger partial charge < -0.3 is 10.1 Å². The number of hydrogen-bond acceptors (Lipinski definition) is 5. The van der Waals surface area contributed by atoms with Gasteiger partial charge in [-0.25, -0.2) is 4.39 Å². The van der Waals surface area contributed by atoms with Crippen LogP contribution in [-0.4, -0.2) is 26.4 Å². The number of halogens is 1. The molecule has 1 amide bonds. The average Bonchev–Trinajstić information content (AvgIpc) is 3.10. The van der Waals surface area contributed by atoms with Crippen LogP contribution in [0.5, 0.6) is 5.75 Å². The second kappa shape index (κ2) is 9.88. The second-order valence-electron chi connectivity index (χ2n) is 6.22. The smallest absolute Gasteiger partial charge is 0.234 e. The van der Waals surface area contributed by atoms with E-state index in [1.165, 1.54) is 23.9 Å². The fraction of sp³-hybridized carbons (Fsp3) is 0.190. The Morgan fingerprint density at radius 2 is 2.00 bits per heavy atom. The second-order valence-corrected chi connectivity index (χ2v) is 7.16. The summed E-state index contributed by atoms with van der Waals surface area (Å²) in [6, 6.07) is 13.8. The van der Waals surface area contributed by atoms with Gasteiger partial charge in [-0.1, -0.05) is 47.7 Å². The molecule has 3 rings (SSSR count). The van der Waals surface area contributed by atoms with Crippen molar-refractivity contribution in [3.63, 3.8) is 0 Å². The number of rotatable bonds is 9. The molecule has 29 heavy (non-hydrogen) atoms. The van der Waals surface area contributed by atoms with Crippen LogP contribution < -0.4 is 10.1 Å². The molecule has 2 aromatic carbocycles. The van der Waals surface area contributed by atoms with E-state index in [-0.39, 0.29) is 24.0 Å². The lowest BCUT2D eigenvalue weighted by molar-refractivity contribution is -0.113. The molecule has 0 atom stereocenters. The van der Waals surface area contributed by atoms with Crippen LogP contribution in [-0.2, 0) is 17.9 Å². The molecule has 0 saturated heterocycles. The quantitative estimate of drug-likeness (QED) is 0.421. The number of thioether (sulfide) groups is 1. The highest BCUT2D eigenvalue weighted by Crippen LogP contribution is 2.20. The predicted molar refractivity (Wildman–Crippen MR) is 111 cm³/mol. The number of allylic oxidation sites excluding steroid dienone is 1. The van der Waals surface area contributed by atoms with Crippen molar-refractivity contribution in [3.05, 3.63) is 78.4 Å². The van der Waals surface area contributed by atoms with Gasteiger partial charge in [0.2, 0.25) is 5.91 Å². The molecule has 0 radical (unpaired) electrons. The van der Waals surface area contributed by atoms with Gasteiger partial charge in [-0.15, -0.1) is 16.8 Å². The number of aryl methyl sites for hydroxylation is 1. The Hall–Kier alpha value is -3.13. The van der Waals surface area contributed by atoms with E-state index in [0.29, 0.717) is 17.5 Å². The topological polar surface area (TPSA) is 69.0 Å². The molecule has 0 bridgehead atoms.